The van der Waals surface area contributed by atoms with Crippen LogP contribution in [0.3, 0.4) is 0 Å². The van der Waals surface area contributed by atoms with E-state index < -0.39 is 0 Å². The Hall–Kier alpha value is -2.46. The molecule has 3 saturated heterocycles. The second-order valence-electron chi connectivity index (χ2n) is 7.85. The number of aryl methyl sites for hydroxylation is 2. The van der Waals surface area contributed by atoms with Gasteiger partial charge < -0.3 is 9.42 Å². The summed E-state index contributed by atoms with van der Waals surface area (Å²) in [6.07, 6.45) is 4.29. The van der Waals surface area contributed by atoms with E-state index in [0.717, 1.165) is 37.0 Å². The molecule has 1 unspecified atom stereocenters. The summed E-state index contributed by atoms with van der Waals surface area (Å²) < 4.78 is 5.56. The van der Waals surface area contributed by atoms with Gasteiger partial charge in [-0.05, 0) is 55.0 Å². The van der Waals surface area contributed by atoms with Crippen molar-refractivity contribution in [2.45, 2.75) is 31.6 Å². The van der Waals surface area contributed by atoms with Crippen LogP contribution in [0.15, 0.2) is 59.1 Å². The molecule has 0 radical (unpaired) electrons. The van der Waals surface area contributed by atoms with Crippen LogP contribution in [0.25, 0.3) is 11.1 Å². The molecule has 27 heavy (non-hydrogen) atoms. The van der Waals surface area contributed by atoms with Crippen LogP contribution in [0.2, 0.25) is 0 Å². The van der Waals surface area contributed by atoms with Crippen LogP contribution >= 0.6 is 0 Å². The third-order valence-corrected chi connectivity index (χ3v) is 6.16. The monoisotopic (exact) mass is 359 g/mol. The Morgan fingerprint density at radius 2 is 1.63 bits per heavy atom. The first-order valence-electron chi connectivity index (χ1n) is 10.0. The standard InChI is InChI=1S/C23H25N3O/c1-2-4-18(5-3-1)19-9-6-17(7-10-19)8-11-22-24-23(25-27-22)21-16-26-14-12-20(21)13-15-26/h1-7,9-10,20-21H,8,11-16H2. The van der Waals surface area contributed by atoms with Gasteiger partial charge in [-0.3, -0.25) is 0 Å². The number of benzene rings is 2. The third kappa shape index (κ3) is 3.54. The van der Waals surface area contributed by atoms with Gasteiger partial charge in [-0.2, -0.15) is 4.98 Å². The summed E-state index contributed by atoms with van der Waals surface area (Å²) in [5, 5.41) is 4.31. The molecule has 2 aromatic carbocycles. The van der Waals surface area contributed by atoms with Gasteiger partial charge in [0.05, 0.1) is 0 Å². The fourth-order valence-electron chi connectivity index (χ4n) is 4.52. The summed E-state index contributed by atoms with van der Waals surface area (Å²) in [6.45, 7) is 3.58. The summed E-state index contributed by atoms with van der Waals surface area (Å²) in [6, 6.07) is 19.3. The largest absolute Gasteiger partial charge is 0.339 e. The maximum Gasteiger partial charge on any atom is 0.226 e. The van der Waals surface area contributed by atoms with Crippen molar-refractivity contribution in [2.24, 2.45) is 5.92 Å². The van der Waals surface area contributed by atoms with Gasteiger partial charge in [0.15, 0.2) is 5.82 Å². The van der Waals surface area contributed by atoms with Gasteiger partial charge in [-0.15, -0.1) is 0 Å². The average molecular weight is 359 g/mol. The molecule has 4 nitrogen and oxygen atoms in total. The van der Waals surface area contributed by atoms with Crippen LogP contribution in [-0.4, -0.2) is 34.7 Å². The van der Waals surface area contributed by atoms with Crippen molar-refractivity contribution in [3.05, 3.63) is 71.9 Å². The molecule has 6 rings (SSSR count). The van der Waals surface area contributed by atoms with Gasteiger partial charge in [0.1, 0.15) is 0 Å². The quantitative estimate of drug-likeness (QED) is 0.680. The number of hydrogen-bond donors (Lipinski definition) is 0. The normalized spacial score (nSPS) is 24.2. The smallest absolute Gasteiger partial charge is 0.226 e. The summed E-state index contributed by atoms with van der Waals surface area (Å²) >= 11 is 0. The van der Waals surface area contributed by atoms with E-state index in [1.54, 1.807) is 0 Å². The predicted octanol–water partition coefficient (Wildman–Crippen LogP) is 4.33. The van der Waals surface area contributed by atoms with Crippen LogP contribution in [0.4, 0.5) is 0 Å². The lowest BCUT2D eigenvalue weighted by Gasteiger charge is -2.43. The van der Waals surface area contributed by atoms with E-state index in [4.69, 9.17) is 9.51 Å². The van der Waals surface area contributed by atoms with Crippen molar-refractivity contribution in [3.8, 4) is 11.1 Å². The van der Waals surface area contributed by atoms with Crippen molar-refractivity contribution < 1.29 is 4.52 Å². The van der Waals surface area contributed by atoms with Crippen LogP contribution in [0.5, 0.6) is 0 Å². The van der Waals surface area contributed by atoms with E-state index in [-0.39, 0.29) is 0 Å². The highest BCUT2D eigenvalue weighted by molar-refractivity contribution is 5.63. The van der Waals surface area contributed by atoms with Crippen LogP contribution in [0.1, 0.15) is 36.0 Å². The molecule has 0 spiro atoms. The lowest BCUT2D eigenvalue weighted by atomic mass is 9.79. The van der Waals surface area contributed by atoms with Crippen molar-refractivity contribution in [1.82, 2.24) is 15.0 Å². The molecule has 3 aliphatic rings. The highest BCUT2D eigenvalue weighted by atomic mass is 16.5. The Balaban J connectivity index is 1.21. The fourth-order valence-corrected chi connectivity index (χ4v) is 4.52. The molecule has 0 amide bonds. The summed E-state index contributed by atoms with van der Waals surface area (Å²) in [4.78, 5) is 7.27. The number of rotatable bonds is 5. The average Bonchev–Trinajstić information content (AvgIpc) is 3.23. The molecule has 3 aromatic rings. The molecule has 2 bridgehead atoms. The Bertz CT molecular complexity index is 880. The Morgan fingerprint density at radius 3 is 2.33 bits per heavy atom. The first kappa shape index (κ1) is 16.7. The maximum atomic E-state index is 5.56. The number of piperidine rings is 3. The van der Waals surface area contributed by atoms with Gasteiger partial charge in [0.2, 0.25) is 5.89 Å². The number of aromatic nitrogens is 2. The van der Waals surface area contributed by atoms with Crippen molar-refractivity contribution in [2.75, 3.05) is 19.6 Å². The molecular formula is C23H25N3O. The Kier molecular flexibility index (Phi) is 4.50. The minimum Gasteiger partial charge on any atom is -0.339 e. The van der Waals surface area contributed by atoms with Crippen molar-refractivity contribution >= 4 is 0 Å². The minimum absolute atomic E-state index is 0.468. The highest BCUT2D eigenvalue weighted by Crippen LogP contribution is 2.37. The van der Waals surface area contributed by atoms with Crippen molar-refractivity contribution in [1.29, 1.82) is 0 Å². The van der Waals surface area contributed by atoms with E-state index in [1.165, 1.54) is 42.6 Å². The first-order chi connectivity index (χ1) is 13.3. The SMILES string of the molecule is c1ccc(-c2ccc(CCc3nc(C4CN5CCC4CC5)no3)cc2)cc1. The Morgan fingerprint density at radius 1 is 0.889 bits per heavy atom. The molecule has 0 aliphatic carbocycles. The minimum atomic E-state index is 0.468. The van der Waals surface area contributed by atoms with E-state index in [2.05, 4.69) is 58.6 Å². The molecule has 0 saturated carbocycles. The summed E-state index contributed by atoms with van der Waals surface area (Å²) in [5.74, 6) is 2.91. The molecule has 4 heteroatoms. The predicted molar refractivity (Wildman–Crippen MR) is 105 cm³/mol. The summed E-state index contributed by atoms with van der Waals surface area (Å²) in [7, 11) is 0. The van der Waals surface area contributed by atoms with E-state index in [9.17, 15) is 0 Å². The topological polar surface area (TPSA) is 42.2 Å². The summed E-state index contributed by atoms with van der Waals surface area (Å²) in [5.41, 5.74) is 3.81. The van der Waals surface area contributed by atoms with Crippen molar-refractivity contribution in [3.63, 3.8) is 0 Å². The van der Waals surface area contributed by atoms with Crippen LogP contribution in [-0.2, 0) is 12.8 Å². The molecule has 1 aromatic heterocycles. The lowest BCUT2D eigenvalue weighted by molar-refractivity contribution is 0.0825. The fraction of sp³-hybridized carbons (Fsp3) is 0.391. The van der Waals surface area contributed by atoms with Gasteiger partial charge in [0.25, 0.3) is 0 Å². The molecule has 0 N–H and O–H groups in total. The maximum absolute atomic E-state index is 5.56. The van der Waals surface area contributed by atoms with E-state index in [0.29, 0.717) is 5.92 Å². The van der Waals surface area contributed by atoms with Crippen LogP contribution < -0.4 is 0 Å². The van der Waals surface area contributed by atoms with Gasteiger partial charge in [-0.25, -0.2) is 0 Å². The molecule has 3 aliphatic heterocycles. The number of fused-ring (bicyclic) bond motifs is 3. The zero-order valence-corrected chi connectivity index (χ0v) is 15.6. The molecule has 3 fully saturated rings. The number of nitrogens with zero attached hydrogens (tertiary/aromatic N) is 3. The van der Waals surface area contributed by atoms with Gasteiger partial charge in [0, 0.05) is 18.9 Å². The molecule has 138 valence electrons. The first-order valence-corrected chi connectivity index (χ1v) is 10.0. The van der Waals surface area contributed by atoms with Gasteiger partial charge in [-0.1, -0.05) is 59.8 Å². The second kappa shape index (κ2) is 7.28. The molecular weight excluding hydrogens is 334 g/mol. The second-order valence-corrected chi connectivity index (χ2v) is 7.85. The van der Waals surface area contributed by atoms with E-state index >= 15 is 0 Å². The van der Waals surface area contributed by atoms with Gasteiger partial charge >= 0.3 is 0 Å². The lowest BCUT2D eigenvalue weighted by Crippen LogP contribution is -2.46. The van der Waals surface area contributed by atoms with Crippen LogP contribution in [0, 0.1) is 5.92 Å². The zero-order valence-electron chi connectivity index (χ0n) is 15.6. The zero-order chi connectivity index (χ0) is 18.1. The highest BCUT2D eigenvalue weighted by Gasteiger charge is 2.37. The third-order valence-electron chi connectivity index (χ3n) is 6.16. The number of hydrogen-bond acceptors (Lipinski definition) is 4. The molecule has 4 heterocycles. The van der Waals surface area contributed by atoms with E-state index in [1.807, 2.05) is 6.07 Å². The Labute approximate surface area is 160 Å². The molecule has 1 atom stereocenters.